The van der Waals surface area contributed by atoms with Gasteiger partial charge in [0.15, 0.2) is 0 Å². The minimum Gasteiger partial charge on any atom is -0.377 e. The highest BCUT2D eigenvalue weighted by molar-refractivity contribution is 6.41. The van der Waals surface area contributed by atoms with Gasteiger partial charge < -0.3 is 5.32 Å². The molecule has 0 saturated heterocycles. The van der Waals surface area contributed by atoms with Gasteiger partial charge in [-0.05, 0) is 18.2 Å². The molecule has 0 aliphatic heterocycles. The summed E-state index contributed by atoms with van der Waals surface area (Å²) in [5, 5.41) is 11.3. The molecule has 0 bridgehead atoms. The lowest BCUT2D eigenvalue weighted by Gasteiger charge is -2.09. The number of hydrogen-bond acceptors (Lipinski definition) is 2. The second kappa shape index (κ2) is 4.95. The van der Waals surface area contributed by atoms with Crippen molar-refractivity contribution >= 4 is 40.5 Å². The summed E-state index contributed by atoms with van der Waals surface area (Å²) in [7, 11) is 0. The van der Waals surface area contributed by atoms with Gasteiger partial charge in [-0.25, -0.2) is 0 Å². The molecular weight excluding hydrogens is 268 g/mol. The van der Waals surface area contributed by atoms with Crippen LogP contribution in [-0.4, -0.2) is 10.2 Å². The van der Waals surface area contributed by atoms with Crippen LogP contribution >= 0.6 is 34.8 Å². The van der Waals surface area contributed by atoms with Gasteiger partial charge in [0.05, 0.1) is 28.0 Å². The van der Waals surface area contributed by atoms with Gasteiger partial charge >= 0.3 is 0 Å². The molecule has 1 aromatic carbocycles. The number of aromatic amines is 1. The van der Waals surface area contributed by atoms with E-state index in [4.69, 9.17) is 34.8 Å². The van der Waals surface area contributed by atoms with Gasteiger partial charge in [0.2, 0.25) is 0 Å². The van der Waals surface area contributed by atoms with Crippen LogP contribution in [0.25, 0.3) is 0 Å². The largest absolute Gasteiger partial charge is 0.377 e. The van der Waals surface area contributed by atoms with Crippen molar-refractivity contribution in [2.75, 3.05) is 5.32 Å². The molecule has 0 aliphatic rings. The van der Waals surface area contributed by atoms with Crippen molar-refractivity contribution < 1.29 is 0 Å². The first-order valence-electron chi connectivity index (χ1n) is 4.53. The Balaban J connectivity index is 2.15. The van der Waals surface area contributed by atoms with Crippen molar-refractivity contribution in [3.05, 3.63) is 45.2 Å². The van der Waals surface area contributed by atoms with E-state index in [1.165, 1.54) is 0 Å². The van der Waals surface area contributed by atoms with Crippen LogP contribution in [0.15, 0.2) is 24.4 Å². The fraction of sp³-hybridized carbons (Fsp3) is 0.100. The molecule has 0 radical (unpaired) electrons. The summed E-state index contributed by atoms with van der Waals surface area (Å²) in [6.07, 6.45) is 1.68. The molecule has 0 aliphatic carbocycles. The molecule has 0 unspecified atom stereocenters. The molecule has 0 fully saturated rings. The maximum atomic E-state index is 6.02. The number of nitrogens with zero attached hydrogens (tertiary/aromatic N) is 1. The summed E-state index contributed by atoms with van der Waals surface area (Å²) in [4.78, 5) is 0. The standard InChI is InChI=1S/C10H8Cl3N3/c11-6-3-8(12)10(9(13)4-6)14-5-7-1-2-15-16-7/h1-4,14H,5H2,(H,15,16). The molecule has 0 spiro atoms. The van der Waals surface area contributed by atoms with Crippen molar-refractivity contribution in [2.45, 2.75) is 6.54 Å². The van der Waals surface area contributed by atoms with E-state index in [-0.39, 0.29) is 0 Å². The number of aromatic nitrogens is 2. The highest BCUT2D eigenvalue weighted by atomic mass is 35.5. The molecule has 6 heteroatoms. The van der Waals surface area contributed by atoms with Crippen molar-refractivity contribution in [1.82, 2.24) is 10.2 Å². The first-order chi connectivity index (χ1) is 7.66. The maximum absolute atomic E-state index is 6.02. The van der Waals surface area contributed by atoms with Gasteiger partial charge in [-0.1, -0.05) is 34.8 Å². The summed E-state index contributed by atoms with van der Waals surface area (Å²) < 4.78 is 0. The highest BCUT2D eigenvalue weighted by Crippen LogP contribution is 2.33. The molecular formula is C10H8Cl3N3. The fourth-order valence-electron chi connectivity index (χ4n) is 1.28. The monoisotopic (exact) mass is 275 g/mol. The summed E-state index contributed by atoms with van der Waals surface area (Å²) in [5.41, 5.74) is 1.62. The second-order valence-electron chi connectivity index (χ2n) is 3.18. The van der Waals surface area contributed by atoms with Gasteiger partial charge in [0, 0.05) is 11.2 Å². The smallest absolute Gasteiger partial charge is 0.0723 e. The van der Waals surface area contributed by atoms with Crippen LogP contribution in [0.5, 0.6) is 0 Å². The van der Waals surface area contributed by atoms with Gasteiger partial charge in [0.25, 0.3) is 0 Å². The third kappa shape index (κ3) is 2.61. The van der Waals surface area contributed by atoms with Crippen LogP contribution in [0.3, 0.4) is 0 Å². The topological polar surface area (TPSA) is 40.7 Å². The van der Waals surface area contributed by atoms with E-state index >= 15 is 0 Å². The Bertz CT molecular complexity index is 459. The average molecular weight is 277 g/mol. The van der Waals surface area contributed by atoms with Crippen molar-refractivity contribution in [1.29, 1.82) is 0 Å². The zero-order chi connectivity index (χ0) is 11.5. The minimum absolute atomic E-state index is 0.497. The molecule has 1 aromatic heterocycles. The minimum atomic E-state index is 0.497. The van der Waals surface area contributed by atoms with Gasteiger partial charge in [-0.15, -0.1) is 0 Å². The maximum Gasteiger partial charge on any atom is 0.0723 e. The molecule has 3 nitrogen and oxygen atoms in total. The van der Waals surface area contributed by atoms with Gasteiger partial charge in [-0.3, -0.25) is 5.10 Å². The van der Waals surface area contributed by atoms with E-state index in [1.807, 2.05) is 6.07 Å². The molecule has 0 saturated carbocycles. The number of benzene rings is 1. The van der Waals surface area contributed by atoms with E-state index < -0.39 is 0 Å². The Morgan fingerprint density at radius 1 is 1.19 bits per heavy atom. The Morgan fingerprint density at radius 3 is 2.44 bits per heavy atom. The second-order valence-corrected chi connectivity index (χ2v) is 4.43. The summed E-state index contributed by atoms with van der Waals surface area (Å²) >= 11 is 17.8. The van der Waals surface area contributed by atoms with Gasteiger partial charge in [0.1, 0.15) is 0 Å². The summed E-state index contributed by atoms with van der Waals surface area (Å²) in [5.74, 6) is 0. The predicted molar refractivity (Wildman–Crippen MR) is 67.4 cm³/mol. The number of H-pyrrole nitrogens is 1. The first kappa shape index (κ1) is 11.6. The highest BCUT2D eigenvalue weighted by Gasteiger charge is 2.07. The van der Waals surface area contributed by atoms with Crippen LogP contribution in [0.2, 0.25) is 15.1 Å². The quantitative estimate of drug-likeness (QED) is 0.890. The molecule has 2 aromatic rings. The first-order valence-corrected chi connectivity index (χ1v) is 5.67. The SMILES string of the molecule is Clc1cc(Cl)c(NCc2ccn[nH]2)c(Cl)c1. The fourth-order valence-corrected chi connectivity index (χ4v) is 2.23. The zero-order valence-corrected chi connectivity index (χ0v) is 10.4. The average Bonchev–Trinajstić information content (AvgIpc) is 2.68. The molecule has 84 valence electrons. The van der Waals surface area contributed by atoms with E-state index in [0.29, 0.717) is 27.3 Å². The Morgan fingerprint density at radius 2 is 1.88 bits per heavy atom. The molecule has 0 amide bonds. The lowest BCUT2D eigenvalue weighted by atomic mass is 10.3. The number of hydrogen-bond donors (Lipinski definition) is 2. The Hall–Kier alpha value is -0.900. The van der Waals surface area contributed by atoms with Crippen LogP contribution in [0.4, 0.5) is 5.69 Å². The number of nitrogens with one attached hydrogen (secondary N) is 2. The molecule has 16 heavy (non-hydrogen) atoms. The van der Waals surface area contributed by atoms with E-state index in [2.05, 4.69) is 15.5 Å². The normalized spacial score (nSPS) is 10.4. The predicted octanol–water partition coefficient (Wildman–Crippen LogP) is 3.98. The van der Waals surface area contributed by atoms with Gasteiger partial charge in [-0.2, -0.15) is 5.10 Å². The third-order valence-corrected chi connectivity index (χ3v) is 2.84. The number of halogens is 3. The Kier molecular flexibility index (Phi) is 3.59. The number of anilines is 1. The Labute approximate surface area is 108 Å². The third-order valence-electron chi connectivity index (χ3n) is 2.02. The van der Waals surface area contributed by atoms with Crippen molar-refractivity contribution in [3.63, 3.8) is 0 Å². The molecule has 2 N–H and O–H groups in total. The number of rotatable bonds is 3. The van der Waals surface area contributed by atoms with Crippen LogP contribution in [0.1, 0.15) is 5.69 Å². The summed E-state index contributed by atoms with van der Waals surface area (Å²) in [6.45, 7) is 0.571. The van der Waals surface area contributed by atoms with Crippen LogP contribution < -0.4 is 5.32 Å². The molecule has 2 rings (SSSR count). The van der Waals surface area contributed by atoms with Crippen molar-refractivity contribution in [3.8, 4) is 0 Å². The zero-order valence-electron chi connectivity index (χ0n) is 8.10. The lowest BCUT2D eigenvalue weighted by molar-refractivity contribution is 0.981. The summed E-state index contributed by atoms with van der Waals surface area (Å²) in [6, 6.07) is 5.15. The molecule has 0 atom stereocenters. The van der Waals surface area contributed by atoms with E-state index in [1.54, 1.807) is 18.3 Å². The van der Waals surface area contributed by atoms with Crippen LogP contribution in [0, 0.1) is 0 Å². The lowest BCUT2D eigenvalue weighted by Crippen LogP contribution is -2.01. The van der Waals surface area contributed by atoms with E-state index in [0.717, 1.165) is 5.69 Å². The molecule has 1 heterocycles. The van der Waals surface area contributed by atoms with E-state index in [9.17, 15) is 0 Å². The van der Waals surface area contributed by atoms with Crippen LogP contribution in [-0.2, 0) is 6.54 Å². The van der Waals surface area contributed by atoms with Crippen molar-refractivity contribution in [2.24, 2.45) is 0 Å².